The van der Waals surface area contributed by atoms with Crippen molar-refractivity contribution < 1.29 is 4.74 Å². The first-order chi connectivity index (χ1) is 5.17. The molecule has 1 aliphatic heterocycles. The Morgan fingerprint density at radius 1 is 1.45 bits per heavy atom. The first-order valence-electron chi connectivity index (χ1n) is 4.81. The zero-order valence-corrected chi connectivity index (χ0v) is 8.02. The SMILES string of the molecule is CCCC[C@H]1CCOC1(C)C. The second kappa shape index (κ2) is 3.57. The molecule has 0 bridgehead atoms. The van der Waals surface area contributed by atoms with E-state index in [0.717, 1.165) is 12.5 Å². The molecule has 1 rings (SSSR count). The van der Waals surface area contributed by atoms with Crippen molar-refractivity contribution >= 4 is 0 Å². The second-order valence-corrected chi connectivity index (χ2v) is 4.08. The molecule has 1 nitrogen and oxygen atoms in total. The van der Waals surface area contributed by atoms with E-state index in [4.69, 9.17) is 4.74 Å². The van der Waals surface area contributed by atoms with Gasteiger partial charge in [0.05, 0.1) is 5.60 Å². The molecule has 0 N–H and O–H groups in total. The minimum absolute atomic E-state index is 0.162. The van der Waals surface area contributed by atoms with Crippen LogP contribution in [-0.2, 0) is 4.74 Å². The summed E-state index contributed by atoms with van der Waals surface area (Å²) in [5, 5.41) is 0. The standard InChI is InChI=1S/C10H20O/c1-4-5-6-9-7-8-11-10(9,2)3/h9H,4-8H2,1-3H3/t9-/m0/s1. The first-order valence-corrected chi connectivity index (χ1v) is 4.81. The Kier molecular flexibility index (Phi) is 2.94. The fraction of sp³-hybridized carbons (Fsp3) is 1.00. The van der Waals surface area contributed by atoms with Gasteiger partial charge in [-0.05, 0) is 32.6 Å². The maximum Gasteiger partial charge on any atom is 0.0655 e. The van der Waals surface area contributed by atoms with Crippen molar-refractivity contribution in [3.63, 3.8) is 0 Å². The van der Waals surface area contributed by atoms with E-state index < -0.39 is 0 Å². The van der Waals surface area contributed by atoms with Gasteiger partial charge in [-0.1, -0.05) is 19.8 Å². The third kappa shape index (κ3) is 2.19. The molecule has 0 saturated carbocycles. The van der Waals surface area contributed by atoms with Gasteiger partial charge in [-0.3, -0.25) is 0 Å². The van der Waals surface area contributed by atoms with Gasteiger partial charge < -0.3 is 4.74 Å². The fourth-order valence-electron chi connectivity index (χ4n) is 1.87. The van der Waals surface area contributed by atoms with Crippen LogP contribution in [0.1, 0.15) is 46.5 Å². The molecule has 1 fully saturated rings. The van der Waals surface area contributed by atoms with Crippen LogP contribution >= 0.6 is 0 Å². The lowest BCUT2D eigenvalue weighted by molar-refractivity contribution is 0.00880. The lowest BCUT2D eigenvalue weighted by Gasteiger charge is -2.25. The Morgan fingerprint density at radius 3 is 2.64 bits per heavy atom. The van der Waals surface area contributed by atoms with Crippen molar-refractivity contribution in [1.82, 2.24) is 0 Å². The molecule has 1 saturated heterocycles. The highest BCUT2D eigenvalue weighted by Gasteiger charge is 2.34. The second-order valence-electron chi connectivity index (χ2n) is 4.08. The summed E-state index contributed by atoms with van der Waals surface area (Å²) in [5.74, 6) is 0.808. The number of unbranched alkanes of at least 4 members (excludes halogenated alkanes) is 1. The monoisotopic (exact) mass is 156 g/mol. The van der Waals surface area contributed by atoms with Crippen molar-refractivity contribution in [2.24, 2.45) is 5.92 Å². The van der Waals surface area contributed by atoms with Gasteiger partial charge in [0.1, 0.15) is 0 Å². The summed E-state index contributed by atoms with van der Waals surface area (Å²) < 4.78 is 5.65. The van der Waals surface area contributed by atoms with E-state index in [0.29, 0.717) is 0 Å². The molecule has 0 aromatic heterocycles. The molecule has 1 heteroatoms. The minimum Gasteiger partial charge on any atom is -0.375 e. The van der Waals surface area contributed by atoms with Crippen LogP contribution < -0.4 is 0 Å². The van der Waals surface area contributed by atoms with Crippen LogP contribution in [-0.4, -0.2) is 12.2 Å². The molecule has 11 heavy (non-hydrogen) atoms. The Labute approximate surface area is 70.1 Å². The van der Waals surface area contributed by atoms with E-state index in [1.807, 2.05) is 0 Å². The van der Waals surface area contributed by atoms with E-state index >= 15 is 0 Å². The molecule has 0 unspecified atom stereocenters. The van der Waals surface area contributed by atoms with Crippen LogP contribution in [0.2, 0.25) is 0 Å². The normalized spacial score (nSPS) is 29.2. The summed E-state index contributed by atoms with van der Waals surface area (Å²) in [7, 11) is 0. The predicted molar refractivity (Wildman–Crippen MR) is 47.7 cm³/mol. The summed E-state index contributed by atoms with van der Waals surface area (Å²) in [6.45, 7) is 7.67. The lowest BCUT2D eigenvalue weighted by atomic mass is 9.87. The molecule has 0 aromatic rings. The Balaban J connectivity index is 2.32. The molecular formula is C10H20O. The highest BCUT2D eigenvalue weighted by atomic mass is 16.5. The minimum atomic E-state index is 0.162. The van der Waals surface area contributed by atoms with Crippen molar-refractivity contribution in [3.8, 4) is 0 Å². The number of ether oxygens (including phenoxy) is 1. The smallest absolute Gasteiger partial charge is 0.0655 e. The average Bonchev–Trinajstić information content (AvgIpc) is 2.25. The predicted octanol–water partition coefficient (Wildman–Crippen LogP) is 2.99. The van der Waals surface area contributed by atoms with E-state index in [1.54, 1.807) is 0 Å². The van der Waals surface area contributed by atoms with Crippen molar-refractivity contribution in [1.29, 1.82) is 0 Å². The zero-order chi connectivity index (χ0) is 8.32. The molecule has 0 amide bonds. The van der Waals surface area contributed by atoms with Crippen LogP contribution in [0.15, 0.2) is 0 Å². The van der Waals surface area contributed by atoms with E-state index in [-0.39, 0.29) is 5.60 Å². The van der Waals surface area contributed by atoms with Crippen LogP contribution in [0.25, 0.3) is 0 Å². The number of hydrogen-bond donors (Lipinski definition) is 0. The van der Waals surface area contributed by atoms with Crippen LogP contribution in [0.3, 0.4) is 0 Å². The van der Waals surface area contributed by atoms with Gasteiger partial charge in [0.25, 0.3) is 0 Å². The molecular weight excluding hydrogens is 136 g/mol. The van der Waals surface area contributed by atoms with Gasteiger partial charge in [0.2, 0.25) is 0 Å². The summed E-state index contributed by atoms with van der Waals surface area (Å²) in [5.41, 5.74) is 0.162. The largest absolute Gasteiger partial charge is 0.375 e. The van der Waals surface area contributed by atoms with Gasteiger partial charge in [0.15, 0.2) is 0 Å². The molecule has 66 valence electrons. The summed E-state index contributed by atoms with van der Waals surface area (Å²) in [6.07, 6.45) is 5.29. The first kappa shape index (κ1) is 9.05. The molecule has 0 spiro atoms. The number of rotatable bonds is 3. The molecule has 1 aliphatic rings. The van der Waals surface area contributed by atoms with Gasteiger partial charge in [-0.25, -0.2) is 0 Å². The molecule has 1 heterocycles. The van der Waals surface area contributed by atoms with Gasteiger partial charge in [-0.2, -0.15) is 0 Å². The van der Waals surface area contributed by atoms with E-state index in [1.165, 1.54) is 25.7 Å². The van der Waals surface area contributed by atoms with Gasteiger partial charge >= 0.3 is 0 Å². The highest BCUT2D eigenvalue weighted by molar-refractivity contribution is 4.84. The van der Waals surface area contributed by atoms with E-state index in [9.17, 15) is 0 Å². The van der Waals surface area contributed by atoms with Crippen LogP contribution in [0.5, 0.6) is 0 Å². The van der Waals surface area contributed by atoms with Crippen LogP contribution in [0.4, 0.5) is 0 Å². The molecule has 0 radical (unpaired) electrons. The topological polar surface area (TPSA) is 9.23 Å². The fourth-order valence-corrected chi connectivity index (χ4v) is 1.87. The third-order valence-corrected chi connectivity index (χ3v) is 2.83. The Bertz CT molecular complexity index is 118. The third-order valence-electron chi connectivity index (χ3n) is 2.83. The van der Waals surface area contributed by atoms with Crippen molar-refractivity contribution in [2.75, 3.05) is 6.61 Å². The average molecular weight is 156 g/mol. The maximum atomic E-state index is 5.65. The quantitative estimate of drug-likeness (QED) is 0.610. The highest BCUT2D eigenvalue weighted by Crippen LogP contribution is 2.34. The summed E-state index contributed by atoms with van der Waals surface area (Å²) >= 11 is 0. The Morgan fingerprint density at radius 2 is 2.18 bits per heavy atom. The maximum absolute atomic E-state index is 5.65. The summed E-state index contributed by atoms with van der Waals surface area (Å²) in [4.78, 5) is 0. The molecule has 1 atom stereocenters. The lowest BCUT2D eigenvalue weighted by Crippen LogP contribution is -2.26. The van der Waals surface area contributed by atoms with Crippen molar-refractivity contribution in [2.45, 2.75) is 52.1 Å². The van der Waals surface area contributed by atoms with E-state index in [2.05, 4.69) is 20.8 Å². The van der Waals surface area contributed by atoms with Gasteiger partial charge in [0, 0.05) is 6.61 Å². The zero-order valence-electron chi connectivity index (χ0n) is 8.02. The van der Waals surface area contributed by atoms with Gasteiger partial charge in [-0.15, -0.1) is 0 Å². The molecule has 0 aliphatic carbocycles. The summed E-state index contributed by atoms with van der Waals surface area (Å²) in [6, 6.07) is 0. The Hall–Kier alpha value is -0.0400. The number of hydrogen-bond acceptors (Lipinski definition) is 1. The van der Waals surface area contributed by atoms with Crippen LogP contribution in [0, 0.1) is 5.92 Å². The van der Waals surface area contributed by atoms with Crippen molar-refractivity contribution in [3.05, 3.63) is 0 Å². The molecule has 0 aromatic carbocycles.